The molecule has 0 fully saturated rings. The van der Waals surface area contributed by atoms with Crippen LogP contribution in [-0.2, 0) is 14.3 Å². The van der Waals surface area contributed by atoms with Crippen molar-refractivity contribution >= 4 is 18.0 Å². The number of hydrogen-bond acceptors (Lipinski definition) is 5. The molecule has 2 aromatic rings. The van der Waals surface area contributed by atoms with Gasteiger partial charge in [0.1, 0.15) is 18.7 Å². The summed E-state index contributed by atoms with van der Waals surface area (Å²) in [7, 11) is 0. The predicted molar refractivity (Wildman–Crippen MR) is 123 cm³/mol. The van der Waals surface area contributed by atoms with Crippen LogP contribution in [0.25, 0.3) is 11.1 Å². The van der Waals surface area contributed by atoms with Gasteiger partial charge in [-0.2, -0.15) is 0 Å². The second kappa shape index (κ2) is 11.0. The first-order valence-corrected chi connectivity index (χ1v) is 11.1. The molecule has 2 aromatic carbocycles. The Kier molecular flexibility index (Phi) is 8.06. The van der Waals surface area contributed by atoms with Crippen LogP contribution >= 0.6 is 0 Å². The lowest BCUT2D eigenvalue weighted by molar-refractivity contribution is -0.142. The minimum absolute atomic E-state index is 0.108. The summed E-state index contributed by atoms with van der Waals surface area (Å²) in [6, 6.07) is 13.8. The molecule has 0 bridgehead atoms. The van der Waals surface area contributed by atoms with E-state index < -0.39 is 30.1 Å². The third-order valence-electron chi connectivity index (χ3n) is 6.14. The number of nitrogens with one attached hydrogen (secondary N) is 2. The number of fused-ring (bicyclic) bond motifs is 3. The first-order chi connectivity index (χ1) is 15.9. The molecule has 1 aliphatic rings. The number of amides is 2. The molecule has 0 aliphatic heterocycles. The van der Waals surface area contributed by atoms with E-state index in [1.165, 1.54) is 0 Å². The number of hydrogen-bond donors (Lipinski definition) is 4. The van der Waals surface area contributed by atoms with Crippen LogP contribution in [0.2, 0.25) is 0 Å². The van der Waals surface area contributed by atoms with E-state index in [9.17, 15) is 19.5 Å². The molecule has 0 unspecified atom stereocenters. The smallest absolute Gasteiger partial charge is 0.407 e. The predicted octanol–water partition coefficient (Wildman–Crippen LogP) is 2.89. The van der Waals surface area contributed by atoms with E-state index in [-0.39, 0.29) is 31.5 Å². The number of carboxylic acids is 1. The van der Waals surface area contributed by atoms with Crippen molar-refractivity contribution in [1.82, 2.24) is 10.6 Å². The topological polar surface area (TPSA) is 125 Å². The number of benzene rings is 2. The average molecular weight is 455 g/mol. The Labute approximate surface area is 193 Å². The van der Waals surface area contributed by atoms with Gasteiger partial charge < -0.3 is 25.6 Å². The molecule has 1 aliphatic carbocycles. The largest absolute Gasteiger partial charge is 0.480 e. The van der Waals surface area contributed by atoms with Crippen molar-refractivity contribution in [3.05, 3.63) is 59.7 Å². The monoisotopic (exact) mass is 454 g/mol. The Bertz CT molecular complexity index is 962. The van der Waals surface area contributed by atoms with Crippen molar-refractivity contribution in [2.45, 2.75) is 44.7 Å². The fourth-order valence-electron chi connectivity index (χ4n) is 4.12. The molecule has 8 nitrogen and oxygen atoms in total. The number of rotatable bonds is 10. The number of carbonyl (C=O) groups is 3. The van der Waals surface area contributed by atoms with E-state index in [0.717, 1.165) is 22.3 Å². The third kappa shape index (κ3) is 5.51. The summed E-state index contributed by atoms with van der Waals surface area (Å²) >= 11 is 0. The number of aliphatic hydroxyl groups excluding tert-OH is 1. The van der Waals surface area contributed by atoms with Gasteiger partial charge in [0.2, 0.25) is 5.91 Å². The van der Waals surface area contributed by atoms with E-state index >= 15 is 0 Å². The van der Waals surface area contributed by atoms with Gasteiger partial charge in [0.25, 0.3) is 0 Å². The molecule has 3 atom stereocenters. The fraction of sp³-hybridized carbons (Fsp3) is 0.400. The minimum Gasteiger partial charge on any atom is -0.480 e. The molecule has 3 rings (SSSR count). The first-order valence-electron chi connectivity index (χ1n) is 11.1. The Morgan fingerprint density at radius 2 is 1.58 bits per heavy atom. The van der Waals surface area contributed by atoms with E-state index in [2.05, 4.69) is 10.6 Å². The van der Waals surface area contributed by atoms with Crippen LogP contribution in [0.1, 0.15) is 43.7 Å². The molecule has 0 aromatic heterocycles. The van der Waals surface area contributed by atoms with Crippen molar-refractivity contribution in [3.8, 4) is 11.1 Å². The van der Waals surface area contributed by atoms with Crippen LogP contribution in [0.4, 0.5) is 4.79 Å². The molecule has 4 N–H and O–H groups in total. The summed E-state index contributed by atoms with van der Waals surface area (Å²) in [6.07, 6.45) is -0.287. The van der Waals surface area contributed by atoms with Crippen molar-refractivity contribution in [3.63, 3.8) is 0 Å². The lowest BCUT2D eigenvalue weighted by atomic mass is 9.97. The molecular weight excluding hydrogens is 424 g/mol. The zero-order valence-electron chi connectivity index (χ0n) is 18.8. The molecule has 0 saturated heterocycles. The van der Waals surface area contributed by atoms with Crippen molar-refractivity contribution < 1.29 is 29.3 Å². The van der Waals surface area contributed by atoms with Gasteiger partial charge in [-0.05, 0) is 28.2 Å². The molecule has 176 valence electrons. The van der Waals surface area contributed by atoms with Gasteiger partial charge in [0.15, 0.2) is 0 Å². The molecule has 0 saturated carbocycles. The second-order valence-electron chi connectivity index (χ2n) is 8.24. The summed E-state index contributed by atoms with van der Waals surface area (Å²) < 4.78 is 5.53. The number of aliphatic carboxylic acids is 1. The van der Waals surface area contributed by atoms with Crippen LogP contribution in [0, 0.1) is 5.92 Å². The number of aliphatic hydroxyl groups is 1. The number of carboxylic acid groups (broad SMARTS) is 1. The maximum absolute atomic E-state index is 12.7. The molecule has 33 heavy (non-hydrogen) atoms. The number of ether oxygens (including phenoxy) is 1. The van der Waals surface area contributed by atoms with Crippen molar-refractivity contribution in [1.29, 1.82) is 0 Å². The van der Waals surface area contributed by atoms with Crippen LogP contribution in [0.3, 0.4) is 0 Å². The van der Waals surface area contributed by atoms with Gasteiger partial charge in [-0.15, -0.1) is 0 Å². The Morgan fingerprint density at radius 1 is 1.00 bits per heavy atom. The van der Waals surface area contributed by atoms with E-state index in [4.69, 9.17) is 9.84 Å². The van der Waals surface area contributed by atoms with Gasteiger partial charge in [-0.25, -0.2) is 9.59 Å². The molecule has 0 spiro atoms. The summed E-state index contributed by atoms with van der Waals surface area (Å²) in [5.74, 6) is -2.24. The molecule has 0 heterocycles. The highest BCUT2D eigenvalue weighted by Gasteiger charge is 2.32. The Balaban J connectivity index is 1.68. The van der Waals surface area contributed by atoms with Crippen molar-refractivity contribution in [2.75, 3.05) is 13.2 Å². The van der Waals surface area contributed by atoms with Crippen LogP contribution in [-0.4, -0.2) is 53.5 Å². The van der Waals surface area contributed by atoms with Crippen LogP contribution < -0.4 is 10.6 Å². The normalized spacial score (nSPS) is 15.0. The maximum Gasteiger partial charge on any atom is 0.407 e. The summed E-state index contributed by atoms with van der Waals surface area (Å²) in [4.78, 5) is 36.7. The zero-order valence-corrected chi connectivity index (χ0v) is 18.8. The van der Waals surface area contributed by atoms with Crippen LogP contribution in [0.15, 0.2) is 48.5 Å². The number of alkyl carbamates (subject to hydrolysis) is 1. The Morgan fingerprint density at radius 3 is 2.09 bits per heavy atom. The van der Waals surface area contributed by atoms with Crippen molar-refractivity contribution in [2.24, 2.45) is 5.92 Å². The second-order valence-corrected chi connectivity index (χ2v) is 8.24. The van der Waals surface area contributed by atoms with E-state index in [1.807, 2.05) is 55.5 Å². The third-order valence-corrected chi connectivity index (χ3v) is 6.14. The SMILES string of the molecule is CC[C@H](C)[C@H](NC(=O)OCC1c2ccccc2-c2ccccc21)C(=O)N[C@@H](CCO)C(=O)O. The maximum atomic E-state index is 12.7. The zero-order chi connectivity index (χ0) is 24.0. The quantitative estimate of drug-likeness (QED) is 0.438. The summed E-state index contributed by atoms with van der Waals surface area (Å²) in [5, 5.41) is 23.3. The lowest BCUT2D eigenvalue weighted by Crippen LogP contribution is -2.54. The van der Waals surface area contributed by atoms with E-state index in [0.29, 0.717) is 6.42 Å². The van der Waals surface area contributed by atoms with Gasteiger partial charge >= 0.3 is 12.1 Å². The molecule has 8 heteroatoms. The van der Waals surface area contributed by atoms with Gasteiger partial charge in [0, 0.05) is 18.9 Å². The Hall–Kier alpha value is -3.39. The lowest BCUT2D eigenvalue weighted by Gasteiger charge is -2.25. The highest BCUT2D eigenvalue weighted by molar-refractivity contribution is 5.89. The van der Waals surface area contributed by atoms with Gasteiger partial charge in [-0.1, -0.05) is 68.8 Å². The average Bonchev–Trinajstić information content (AvgIpc) is 3.14. The minimum atomic E-state index is -1.25. The molecular formula is C25H30N2O6. The first kappa shape index (κ1) is 24.3. The molecule has 2 amide bonds. The fourth-order valence-corrected chi connectivity index (χ4v) is 4.12. The highest BCUT2D eigenvalue weighted by Crippen LogP contribution is 2.44. The van der Waals surface area contributed by atoms with Gasteiger partial charge in [-0.3, -0.25) is 4.79 Å². The summed E-state index contributed by atoms with van der Waals surface area (Å²) in [6.45, 7) is 3.38. The molecule has 0 radical (unpaired) electrons. The van der Waals surface area contributed by atoms with Gasteiger partial charge in [0.05, 0.1) is 0 Å². The van der Waals surface area contributed by atoms with Crippen LogP contribution in [0.5, 0.6) is 0 Å². The standard InChI is InChI=1S/C25H30N2O6/c1-3-15(2)22(23(29)26-21(12-13-28)24(30)31)27-25(32)33-14-20-18-10-6-4-8-16(18)17-9-5-7-11-19(17)20/h4-11,15,20-22,28H,3,12-14H2,1-2H3,(H,26,29)(H,27,32)(H,30,31)/t15-,21-,22-/m0/s1. The highest BCUT2D eigenvalue weighted by atomic mass is 16.5. The van der Waals surface area contributed by atoms with E-state index in [1.54, 1.807) is 6.92 Å². The number of carbonyl (C=O) groups excluding carboxylic acids is 2. The summed E-state index contributed by atoms with van der Waals surface area (Å²) in [5.41, 5.74) is 4.39.